The number of nitrogens with zero attached hydrogens (tertiary/aromatic N) is 1. The highest BCUT2D eigenvalue weighted by Gasteiger charge is 2.56. The molecule has 25 heavy (non-hydrogen) atoms. The largest absolute Gasteiger partial charge is 0.436 e. The van der Waals surface area contributed by atoms with Crippen molar-refractivity contribution in [3.63, 3.8) is 0 Å². The summed E-state index contributed by atoms with van der Waals surface area (Å²) in [7, 11) is 0. The highest BCUT2D eigenvalue weighted by molar-refractivity contribution is 6.31. The highest BCUT2D eigenvalue weighted by atomic mass is 35.5. The van der Waals surface area contributed by atoms with Crippen LogP contribution in [0.2, 0.25) is 5.02 Å². The number of benzene rings is 2. The quantitative estimate of drug-likeness (QED) is 0.581. The monoisotopic (exact) mass is 357 g/mol. The van der Waals surface area contributed by atoms with Gasteiger partial charge in [-0.3, -0.25) is 9.59 Å². The number of carbonyl (C=O) groups is 3. The lowest BCUT2D eigenvalue weighted by molar-refractivity contribution is -0.156. The van der Waals surface area contributed by atoms with Gasteiger partial charge in [-0.2, -0.15) is 0 Å². The Bertz CT molecular complexity index is 970. The number of anilines is 1. The molecule has 2 aromatic carbocycles. The van der Waals surface area contributed by atoms with E-state index >= 15 is 0 Å². The normalized spacial score (nSPS) is 21.7. The number of hydrogen-bond donors (Lipinski definition) is 0. The third-order valence-electron chi connectivity index (χ3n) is 4.14. The molecule has 0 N–H and O–H groups in total. The van der Waals surface area contributed by atoms with Gasteiger partial charge < -0.3 is 4.74 Å². The molecule has 0 aromatic heterocycles. The molecule has 2 heterocycles. The van der Waals surface area contributed by atoms with Gasteiger partial charge in [0.2, 0.25) is 5.60 Å². The van der Waals surface area contributed by atoms with Crippen LogP contribution >= 0.6 is 11.6 Å². The van der Waals surface area contributed by atoms with Crippen molar-refractivity contribution in [2.45, 2.75) is 5.60 Å². The molecule has 2 aliphatic rings. The summed E-state index contributed by atoms with van der Waals surface area (Å²) in [5, 5.41) is 0.425. The molecule has 124 valence electrons. The minimum absolute atomic E-state index is 0.0473. The van der Waals surface area contributed by atoms with E-state index in [0.29, 0.717) is 5.02 Å². The molecule has 4 rings (SSSR count). The molecule has 2 amide bonds. The zero-order chi connectivity index (χ0) is 17.8. The second kappa shape index (κ2) is 5.26. The van der Waals surface area contributed by atoms with Gasteiger partial charge >= 0.3 is 5.97 Å². The maximum absolute atomic E-state index is 14.5. The van der Waals surface area contributed by atoms with E-state index < -0.39 is 29.2 Å². The van der Waals surface area contributed by atoms with Gasteiger partial charge in [0.05, 0.1) is 16.8 Å². The number of esters is 1. The molecule has 0 saturated heterocycles. The summed E-state index contributed by atoms with van der Waals surface area (Å²) in [5.41, 5.74) is -2.05. The maximum Gasteiger partial charge on any atom is 0.332 e. The van der Waals surface area contributed by atoms with Crippen molar-refractivity contribution < 1.29 is 23.5 Å². The van der Waals surface area contributed by atoms with E-state index in [9.17, 15) is 18.8 Å². The molecule has 0 radical (unpaired) electrons. The molecule has 1 unspecified atom stereocenters. The summed E-state index contributed by atoms with van der Waals surface area (Å²) in [5.74, 6) is -3.15. The molecule has 0 fully saturated rings. The second-order valence-corrected chi connectivity index (χ2v) is 6.01. The zero-order valence-electron chi connectivity index (χ0n) is 12.5. The lowest BCUT2D eigenvalue weighted by atomic mass is 9.83. The average molecular weight is 358 g/mol. The van der Waals surface area contributed by atoms with E-state index in [-0.39, 0.29) is 16.8 Å². The molecule has 7 heteroatoms. The van der Waals surface area contributed by atoms with Crippen LogP contribution < -0.4 is 4.90 Å². The van der Waals surface area contributed by atoms with Gasteiger partial charge in [-0.15, -0.1) is 0 Å². The summed E-state index contributed by atoms with van der Waals surface area (Å²) in [4.78, 5) is 38.4. The topological polar surface area (TPSA) is 63.7 Å². The summed E-state index contributed by atoms with van der Waals surface area (Å²) in [6.07, 6.45) is 2.22. The number of carbonyl (C=O) groups excluding carboxylic acids is 3. The van der Waals surface area contributed by atoms with Crippen LogP contribution in [-0.2, 0) is 19.9 Å². The van der Waals surface area contributed by atoms with Crippen molar-refractivity contribution in [3.8, 4) is 0 Å². The van der Waals surface area contributed by atoms with Crippen molar-refractivity contribution in [1.82, 2.24) is 0 Å². The number of fused-ring (bicyclic) bond motifs is 2. The van der Waals surface area contributed by atoms with E-state index in [1.54, 1.807) is 0 Å². The van der Waals surface area contributed by atoms with E-state index in [1.807, 2.05) is 0 Å². The Balaban J connectivity index is 1.98. The molecular formula is C18H9ClFNO4. The van der Waals surface area contributed by atoms with Crippen molar-refractivity contribution in [1.29, 1.82) is 0 Å². The third kappa shape index (κ3) is 2.11. The maximum atomic E-state index is 14.5. The summed E-state index contributed by atoms with van der Waals surface area (Å²) < 4.78 is 19.6. The molecule has 1 atom stereocenters. The van der Waals surface area contributed by atoms with E-state index in [0.717, 1.165) is 17.0 Å². The van der Waals surface area contributed by atoms with Gasteiger partial charge in [-0.25, -0.2) is 14.1 Å². The Morgan fingerprint density at radius 2 is 1.76 bits per heavy atom. The SMILES string of the molecule is O=C1C=CC2(O1)C(=O)N(c1ccc(Cl)cc1)C(=O)c1cccc(F)c12. The Kier molecular flexibility index (Phi) is 3.27. The second-order valence-electron chi connectivity index (χ2n) is 5.57. The van der Waals surface area contributed by atoms with Crippen LogP contribution in [0.4, 0.5) is 10.1 Å². The Hall–Kier alpha value is -2.99. The van der Waals surface area contributed by atoms with Crippen molar-refractivity contribution in [2.24, 2.45) is 0 Å². The molecule has 5 nitrogen and oxygen atoms in total. The van der Waals surface area contributed by atoms with E-state index in [2.05, 4.69) is 0 Å². The first-order valence-electron chi connectivity index (χ1n) is 7.30. The molecule has 2 aromatic rings. The van der Waals surface area contributed by atoms with Crippen LogP contribution in [0.15, 0.2) is 54.6 Å². The first kappa shape index (κ1) is 15.5. The first-order valence-corrected chi connectivity index (χ1v) is 7.67. The van der Waals surface area contributed by atoms with E-state index in [4.69, 9.17) is 16.3 Å². The molecular weight excluding hydrogens is 349 g/mol. The number of ether oxygens (including phenoxy) is 1. The smallest absolute Gasteiger partial charge is 0.332 e. The van der Waals surface area contributed by atoms with Crippen LogP contribution in [0.3, 0.4) is 0 Å². The van der Waals surface area contributed by atoms with Gasteiger partial charge in [-0.05, 0) is 42.5 Å². The lowest BCUT2D eigenvalue weighted by Crippen LogP contribution is -2.55. The van der Waals surface area contributed by atoms with Crippen LogP contribution in [0, 0.1) is 5.82 Å². The average Bonchev–Trinajstić information content (AvgIpc) is 2.97. The van der Waals surface area contributed by atoms with Crippen molar-refractivity contribution >= 4 is 35.1 Å². The first-order chi connectivity index (χ1) is 11.9. The Morgan fingerprint density at radius 3 is 2.40 bits per heavy atom. The number of imide groups is 1. The van der Waals surface area contributed by atoms with Gasteiger partial charge in [0.25, 0.3) is 11.8 Å². The Labute approximate surface area is 146 Å². The van der Waals surface area contributed by atoms with Crippen LogP contribution in [0.5, 0.6) is 0 Å². The van der Waals surface area contributed by atoms with Gasteiger partial charge in [0, 0.05) is 11.1 Å². The number of amides is 2. The van der Waals surface area contributed by atoms with Crippen LogP contribution in [0.25, 0.3) is 0 Å². The molecule has 2 aliphatic heterocycles. The number of halogens is 2. The Morgan fingerprint density at radius 1 is 1.04 bits per heavy atom. The summed E-state index contributed by atoms with van der Waals surface area (Å²) in [6, 6.07) is 9.85. The summed E-state index contributed by atoms with van der Waals surface area (Å²) >= 11 is 5.85. The van der Waals surface area contributed by atoms with Crippen LogP contribution in [-0.4, -0.2) is 17.8 Å². The highest BCUT2D eigenvalue weighted by Crippen LogP contribution is 2.43. The van der Waals surface area contributed by atoms with Gasteiger partial charge in [0.15, 0.2) is 0 Å². The molecule has 0 aliphatic carbocycles. The number of rotatable bonds is 1. The third-order valence-corrected chi connectivity index (χ3v) is 4.39. The molecule has 0 saturated carbocycles. The fourth-order valence-corrected chi connectivity index (χ4v) is 3.18. The fourth-order valence-electron chi connectivity index (χ4n) is 3.05. The standard InChI is InChI=1S/C18H9ClFNO4/c19-10-4-6-11(7-5-10)21-16(23)12-2-1-3-13(20)15(12)18(17(21)24)9-8-14(22)25-18/h1-9H. The predicted octanol–water partition coefficient (Wildman–Crippen LogP) is 2.97. The van der Waals surface area contributed by atoms with Crippen LogP contribution in [0.1, 0.15) is 15.9 Å². The summed E-state index contributed by atoms with van der Waals surface area (Å²) in [6.45, 7) is 0. The van der Waals surface area contributed by atoms with Crippen molar-refractivity contribution in [3.05, 3.63) is 76.6 Å². The molecule has 1 spiro atoms. The number of hydrogen-bond acceptors (Lipinski definition) is 4. The zero-order valence-corrected chi connectivity index (χ0v) is 13.3. The minimum Gasteiger partial charge on any atom is -0.436 e. The minimum atomic E-state index is -1.99. The van der Waals surface area contributed by atoms with E-state index in [1.165, 1.54) is 42.5 Å². The predicted molar refractivity (Wildman–Crippen MR) is 86.6 cm³/mol. The van der Waals surface area contributed by atoms with Gasteiger partial charge in [-0.1, -0.05) is 17.7 Å². The fraction of sp³-hybridized carbons (Fsp3) is 0.0556. The van der Waals surface area contributed by atoms with Gasteiger partial charge in [0.1, 0.15) is 5.82 Å². The van der Waals surface area contributed by atoms with Crippen molar-refractivity contribution in [2.75, 3.05) is 4.90 Å². The molecule has 0 bridgehead atoms. The lowest BCUT2D eigenvalue weighted by Gasteiger charge is -2.37.